The molecule has 2 unspecified atom stereocenters. The minimum atomic E-state index is 0.749. The van der Waals surface area contributed by atoms with Crippen LogP contribution in [0.15, 0.2) is 5.10 Å². The van der Waals surface area contributed by atoms with Crippen LogP contribution >= 0.6 is 0 Å². The molecule has 0 heterocycles. The van der Waals surface area contributed by atoms with Gasteiger partial charge in [0.25, 0.3) is 0 Å². The molecule has 2 atom stereocenters. The zero-order valence-electron chi connectivity index (χ0n) is 8.38. The van der Waals surface area contributed by atoms with Gasteiger partial charge in [-0.3, -0.25) is 0 Å². The first kappa shape index (κ1) is 8.24. The predicted molar refractivity (Wildman–Crippen MR) is 50.9 cm³/mol. The van der Waals surface area contributed by atoms with Crippen molar-refractivity contribution in [2.75, 3.05) is 21.1 Å². The first-order valence-corrected chi connectivity index (χ1v) is 4.95. The van der Waals surface area contributed by atoms with Crippen LogP contribution in [-0.4, -0.2) is 31.4 Å². The van der Waals surface area contributed by atoms with Crippen LogP contribution in [0, 0.1) is 11.8 Å². The van der Waals surface area contributed by atoms with E-state index in [0.29, 0.717) is 0 Å². The average Bonchev–Trinajstić information content (AvgIpc) is 2.42. The van der Waals surface area contributed by atoms with Crippen molar-refractivity contribution >= 4 is 5.71 Å². The SMILES string of the molecule is C[N+](C)(C)/N=C1\CC2CCC1C2. The second-order valence-corrected chi connectivity index (χ2v) is 5.11. The number of hydrogen-bond acceptors (Lipinski definition) is 1. The maximum atomic E-state index is 4.75. The summed E-state index contributed by atoms with van der Waals surface area (Å²) in [6.07, 6.45) is 5.59. The number of nitrogens with zero attached hydrogens (tertiary/aromatic N) is 2. The van der Waals surface area contributed by atoms with Gasteiger partial charge in [-0.15, -0.1) is 0 Å². The molecule has 2 aliphatic carbocycles. The molecule has 0 saturated heterocycles. The van der Waals surface area contributed by atoms with Gasteiger partial charge in [0.15, 0.2) is 0 Å². The molecule has 2 fully saturated rings. The molecule has 0 amide bonds. The van der Waals surface area contributed by atoms with E-state index in [4.69, 9.17) is 5.10 Å². The van der Waals surface area contributed by atoms with Gasteiger partial charge in [0.1, 0.15) is 0 Å². The largest absolute Gasteiger partial charge is 0.205 e. The minimum Gasteiger partial charge on any atom is -0.205 e. The number of rotatable bonds is 1. The molecule has 12 heavy (non-hydrogen) atoms. The molecule has 0 radical (unpaired) electrons. The Hall–Kier alpha value is -0.370. The highest BCUT2D eigenvalue weighted by Gasteiger charge is 2.38. The third-order valence-electron chi connectivity index (χ3n) is 2.94. The molecule has 2 saturated carbocycles. The summed E-state index contributed by atoms with van der Waals surface area (Å²) in [6, 6.07) is 0. The molecule has 0 aromatic heterocycles. The Morgan fingerprint density at radius 2 is 2.00 bits per heavy atom. The third kappa shape index (κ3) is 1.53. The van der Waals surface area contributed by atoms with E-state index in [1.54, 1.807) is 0 Å². The van der Waals surface area contributed by atoms with E-state index in [1.165, 1.54) is 31.4 Å². The smallest absolute Gasteiger partial charge is 0.0923 e. The highest BCUT2D eigenvalue weighted by atomic mass is 15.6. The molecule has 0 aromatic carbocycles. The van der Waals surface area contributed by atoms with E-state index in [9.17, 15) is 0 Å². The monoisotopic (exact) mass is 167 g/mol. The van der Waals surface area contributed by atoms with E-state index >= 15 is 0 Å². The Morgan fingerprint density at radius 1 is 1.25 bits per heavy atom. The minimum absolute atomic E-state index is 0.749. The molecule has 0 aliphatic heterocycles. The lowest BCUT2D eigenvalue weighted by Crippen LogP contribution is -2.30. The van der Waals surface area contributed by atoms with Gasteiger partial charge < -0.3 is 0 Å². The number of fused-ring (bicyclic) bond motifs is 2. The van der Waals surface area contributed by atoms with Crippen LogP contribution < -0.4 is 0 Å². The van der Waals surface area contributed by atoms with Gasteiger partial charge in [0, 0.05) is 5.92 Å². The molecule has 0 N–H and O–H groups in total. The van der Waals surface area contributed by atoms with Gasteiger partial charge >= 0.3 is 0 Å². The summed E-state index contributed by atoms with van der Waals surface area (Å²) in [5.41, 5.74) is 1.50. The maximum Gasteiger partial charge on any atom is 0.0923 e. The first-order chi connectivity index (χ1) is 5.54. The number of hydrogen-bond donors (Lipinski definition) is 0. The summed E-state index contributed by atoms with van der Waals surface area (Å²) in [5, 5.41) is 4.75. The third-order valence-corrected chi connectivity index (χ3v) is 2.94. The van der Waals surface area contributed by atoms with Gasteiger partial charge in [0.2, 0.25) is 0 Å². The fourth-order valence-corrected chi connectivity index (χ4v) is 2.53. The average molecular weight is 167 g/mol. The molecular formula is C10H19N2+. The van der Waals surface area contributed by atoms with Crippen LogP contribution in [0.2, 0.25) is 0 Å². The van der Waals surface area contributed by atoms with Crippen LogP contribution in [0.3, 0.4) is 0 Å². The second-order valence-electron chi connectivity index (χ2n) is 5.11. The molecule has 2 heteroatoms. The van der Waals surface area contributed by atoms with E-state index in [0.717, 1.165) is 16.4 Å². The quantitative estimate of drug-likeness (QED) is 0.417. The van der Waals surface area contributed by atoms with E-state index < -0.39 is 0 Å². The Labute approximate surface area is 74.8 Å². The highest BCUT2D eigenvalue weighted by Crippen LogP contribution is 2.42. The molecule has 2 aliphatic rings. The Bertz CT molecular complexity index is 212. The molecular weight excluding hydrogens is 148 g/mol. The van der Waals surface area contributed by atoms with E-state index in [2.05, 4.69) is 21.1 Å². The zero-order chi connectivity index (χ0) is 8.77. The predicted octanol–water partition coefficient (Wildman–Crippen LogP) is 1.87. The normalized spacial score (nSPS) is 38.1. The molecule has 0 spiro atoms. The summed E-state index contributed by atoms with van der Waals surface area (Å²) in [6.45, 7) is 0. The Kier molecular flexibility index (Phi) is 1.76. The lowest BCUT2D eigenvalue weighted by Gasteiger charge is -2.19. The van der Waals surface area contributed by atoms with Crippen molar-refractivity contribution in [3.8, 4) is 0 Å². The van der Waals surface area contributed by atoms with Gasteiger partial charge in [-0.25, -0.2) is 4.59 Å². The summed E-state index contributed by atoms with van der Waals surface area (Å²) >= 11 is 0. The summed E-state index contributed by atoms with van der Waals surface area (Å²) < 4.78 is 0.749. The lowest BCUT2D eigenvalue weighted by atomic mass is 9.99. The fraction of sp³-hybridized carbons (Fsp3) is 0.900. The topological polar surface area (TPSA) is 12.4 Å². The van der Waals surface area contributed by atoms with Gasteiger partial charge in [-0.05, 0) is 31.6 Å². The first-order valence-electron chi connectivity index (χ1n) is 4.95. The van der Waals surface area contributed by atoms with Crippen LogP contribution in [-0.2, 0) is 0 Å². The van der Waals surface area contributed by atoms with Gasteiger partial charge in [-0.2, -0.15) is 0 Å². The van der Waals surface area contributed by atoms with Crippen LogP contribution in [0.4, 0.5) is 0 Å². The van der Waals surface area contributed by atoms with Gasteiger partial charge in [-0.1, -0.05) is 5.10 Å². The van der Waals surface area contributed by atoms with Crippen molar-refractivity contribution < 1.29 is 4.59 Å². The van der Waals surface area contributed by atoms with Crippen LogP contribution in [0.5, 0.6) is 0 Å². The Balaban J connectivity index is 2.12. The standard InChI is InChI=1S/C10H19N2/c1-12(2,3)11-10-7-8-4-5-9(10)6-8/h8-9H,4-7H2,1-3H3/q+1/b11-10+. The van der Waals surface area contributed by atoms with Crippen molar-refractivity contribution in [2.24, 2.45) is 16.9 Å². The highest BCUT2D eigenvalue weighted by molar-refractivity contribution is 5.89. The van der Waals surface area contributed by atoms with Crippen molar-refractivity contribution in [2.45, 2.75) is 25.7 Å². The summed E-state index contributed by atoms with van der Waals surface area (Å²) in [4.78, 5) is 0. The fourth-order valence-electron chi connectivity index (χ4n) is 2.53. The van der Waals surface area contributed by atoms with Crippen LogP contribution in [0.25, 0.3) is 0 Å². The van der Waals surface area contributed by atoms with E-state index in [-0.39, 0.29) is 0 Å². The molecule has 2 rings (SSSR count). The van der Waals surface area contributed by atoms with Crippen molar-refractivity contribution in [1.29, 1.82) is 0 Å². The molecule has 2 nitrogen and oxygen atoms in total. The molecule has 2 bridgehead atoms. The molecule has 0 aromatic rings. The number of quaternary nitrogens is 1. The second kappa shape index (κ2) is 2.56. The van der Waals surface area contributed by atoms with Crippen LogP contribution in [0.1, 0.15) is 25.7 Å². The van der Waals surface area contributed by atoms with Crippen molar-refractivity contribution in [3.05, 3.63) is 0 Å². The Morgan fingerprint density at radius 3 is 2.42 bits per heavy atom. The van der Waals surface area contributed by atoms with E-state index in [1.807, 2.05) is 0 Å². The maximum absolute atomic E-state index is 4.75. The molecule has 68 valence electrons. The van der Waals surface area contributed by atoms with Crippen molar-refractivity contribution in [1.82, 2.24) is 0 Å². The summed E-state index contributed by atoms with van der Waals surface area (Å²) in [7, 11) is 6.41. The van der Waals surface area contributed by atoms with Crippen molar-refractivity contribution in [3.63, 3.8) is 0 Å². The lowest BCUT2D eigenvalue weighted by molar-refractivity contribution is -0.877. The van der Waals surface area contributed by atoms with Gasteiger partial charge in [0.05, 0.1) is 26.9 Å². The summed E-state index contributed by atoms with van der Waals surface area (Å²) in [5.74, 6) is 1.84. The zero-order valence-corrected chi connectivity index (χ0v) is 8.38.